The molecule has 3 aromatic rings. The highest BCUT2D eigenvalue weighted by molar-refractivity contribution is 5.55. The molecule has 28 heavy (non-hydrogen) atoms. The Balaban J connectivity index is 1.79. The molecular formula is C19H23N7O2. The molecule has 146 valence electrons. The van der Waals surface area contributed by atoms with E-state index in [1.165, 1.54) is 5.56 Å². The summed E-state index contributed by atoms with van der Waals surface area (Å²) in [5, 5.41) is 11.1. The molecule has 9 heteroatoms. The summed E-state index contributed by atoms with van der Waals surface area (Å²) in [4.78, 5) is 14.8. The van der Waals surface area contributed by atoms with Gasteiger partial charge in [-0.25, -0.2) is 0 Å². The van der Waals surface area contributed by atoms with Crippen LogP contribution in [0.25, 0.3) is 0 Å². The van der Waals surface area contributed by atoms with E-state index in [2.05, 4.69) is 30.5 Å². The van der Waals surface area contributed by atoms with Crippen molar-refractivity contribution in [3.8, 4) is 17.8 Å². The minimum Gasteiger partial charge on any atom is -0.477 e. The molecule has 0 spiro atoms. The fourth-order valence-electron chi connectivity index (χ4n) is 2.15. The summed E-state index contributed by atoms with van der Waals surface area (Å²) >= 11 is 0. The third kappa shape index (κ3) is 5.26. The highest BCUT2D eigenvalue weighted by Crippen LogP contribution is 2.21. The summed E-state index contributed by atoms with van der Waals surface area (Å²) in [5.41, 5.74) is 2.04. The zero-order valence-corrected chi connectivity index (χ0v) is 16.4. The Labute approximate surface area is 163 Å². The highest BCUT2D eigenvalue weighted by atomic mass is 16.5. The van der Waals surface area contributed by atoms with Crippen molar-refractivity contribution < 1.29 is 9.47 Å². The van der Waals surface area contributed by atoms with Gasteiger partial charge in [-0.15, -0.1) is 10.2 Å². The number of aryl methyl sites for hydroxylation is 1. The number of ether oxygens (including phenoxy) is 2. The van der Waals surface area contributed by atoms with Gasteiger partial charge in [-0.2, -0.15) is 15.0 Å². The molecule has 0 saturated heterocycles. The van der Waals surface area contributed by atoms with E-state index in [0.717, 1.165) is 12.1 Å². The molecule has 0 radical (unpaired) electrons. The molecule has 0 amide bonds. The number of aromatic nitrogens is 5. The average Bonchev–Trinajstić information content (AvgIpc) is 2.69. The normalized spacial score (nSPS) is 10.4. The summed E-state index contributed by atoms with van der Waals surface area (Å²) in [6.07, 6.45) is 0.898. The minimum atomic E-state index is 0.116. The molecule has 0 aliphatic rings. The number of rotatable bonds is 8. The SMILES string of the molecule is CCCOc1ccc(Oc2nc(Nc3ccc(C)cc3)nc(N(C)C)n2)nn1. The van der Waals surface area contributed by atoms with Gasteiger partial charge in [-0.05, 0) is 25.5 Å². The van der Waals surface area contributed by atoms with E-state index in [1.54, 1.807) is 17.0 Å². The lowest BCUT2D eigenvalue weighted by molar-refractivity contribution is 0.298. The van der Waals surface area contributed by atoms with Crippen LogP contribution < -0.4 is 19.7 Å². The van der Waals surface area contributed by atoms with Crippen LogP contribution in [0.2, 0.25) is 0 Å². The van der Waals surface area contributed by atoms with Crippen molar-refractivity contribution in [3.05, 3.63) is 42.0 Å². The van der Waals surface area contributed by atoms with Gasteiger partial charge < -0.3 is 19.7 Å². The van der Waals surface area contributed by atoms with E-state index >= 15 is 0 Å². The van der Waals surface area contributed by atoms with Crippen LogP contribution in [0.15, 0.2) is 36.4 Å². The lowest BCUT2D eigenvalue weighted by Gasteiger charge is -2.13. The first-order valence-electron chi connectivity index (χ1n) is 8.95. The molecule has 2 heterocycles. The number of nitrogens with zero attached hydrogens (tertiary/aromatic N) is 6. The summed E-state index contributed by atoms with van der Waals surface area (Å²) in [7, 11) is 3.68. The molecule has 1 aromatic carbocycles. The Morgan fingerprint density at radius 1 is 0.929 bits per heavy atom. The van der Waals surface area contributed by atoms with Crippen LogP contribution in [0, 0.1) is 6.92 Å². The maximum absolute atomic E-state index is 5.67. The van der Waals surface area contributed by atoms with Gasteiger partial charge in [0.2, 0.25) is 23.7 Å². The van der Waals surface area contributed by atoms with Crippen LogP contribution >= 0.6 is 0 Å². The first-order valence-corrected chi connectivity index (χ1v) is 8.95. The first-order chi connectivity index (χ1) is 13.5. The minimum absolute atomic E-state index is 0.116. The predicted molar refractivity (Wildman–Crippen MR) is 107 cm³/mol. The van der Waals surface area contributed by atoms with Crippen molar-refractivity contribution in [3.63, 3.8) is 0 Å². The second-order valence-electron chi connectivity index (χ2n) is 6.29. The smallest absolute Gasteiger partial charge is 0.330 e. The standard InChI is InChI=1S/C19H23N7O2/c1-5-12-27-15-10-11-16(25-24-15)28-19-22-17(21-18(23-19)26(3)4)20-14-8-6-13(2)7-9-14/h6-11H,5,12H2,1-4H3,(H,20,21,22,23). The van der Waals surface area contributed by atoms with Crippen molar-refractivity contribution in [2.75, 3.05) is 30.9 Å². The zero-order valence-electron chi connectivity index (χ0n) is 16.4. The van der Waals surface area contributed by atoms with E-state index in [4.69, 9.17) is 9.47 Å². The van der Waals surface area contributed by atoms with Crippen LogP contribution in [0.3, 0.4) is 0 Å². The summed E-state index contributed by atoms with van der Waals surface area (Å²) in [6.45, 7) is 4.64. The molecule has 0 unspecified atom stereocenters. The molecule has 3 rings (SSSR count). The van der Waals surface area contributed by atoms with E-state index < -0.39 is 0 Å². The molecule has 0 atom stereocenters. The Morgan fingerprint density at radius 3 is 2.29 bits per heavy atom. The topological polar surface area (TPSA) is 98.2 Å². The van der Waals surface area contributed by atoms with Gasteiger partial charge in [0.15, 0.2) is 0 Å². The van der Waals surface area contributed by atoms with Gasteiger partial charge in [0.25, 0.3) is 0 Å². The van der Waals surface area contributed by atoms with Gasteiger partial charge in [-0.1, -0.05) is 24.6 Å². The van der Waals surface area contributed by atoms with E-state index in [-0.39, 0.29) is 11.9 Å². The quantitative estimate of drug-likeness (QED) is 0.629. The number of anilines is 3. The number of benzene rings is 1. The monoisotopic (exact) mass is 381 g/mol. The second-order valence-corrected chi connectivity index (χ2v) is 6.29. The fraction of sp³-hybridized carbons (Fsp3) is 0.316. The Morgan fingerprint density at radius 2 is 1.64 bits per heavy atom. The zero-order chi connectivity index (χ0) is 19.9. The lowest BCUT2D eigenvalue weighted by Crippen LogP contribution is -2.15. The maximum atomic E-state index is 5.67. The van der Waals surface area contributed by atoms with Gasteiger partial charge >= 0.3 is 6.01 Å². The van der Waals surface area contributed by atoms with Crippen LogP contribution in [-0.4, -0.2) is 45.9 Å². The fourth-order valence-corrected chi connectivity index (χ4v) is 2.15. The molecular weight excluding hydrogens is 358 g/mol. The van der Waals surface area contributed by atoms with Crippen molar-refractivity contribution in [2.45, 2.75) is 20.3 Å². The van der Waals surface area contributed by atoms with Gasteiger partial charge in [0.1, 0.15) is 0 Å². The number of nitrogens with one attached hydrogen (secondary N) is 1. The van der Waals surface area contributed by atoms with Gasteiger partial charge in [0, 0.05) is 31.9 Å². The lowest BCUT2D eigenvalue weighted by atomic mass is 10.2. The van der Waals surface area contributed by atoms with Crippen molar-refractivity contribution >= 4 is 17.6 Å². The maximum Gasteiger partial charge on any atom is 0.330 e. The third-order valence-electron chi connectivity index (χ3n) is 3.58. The molecule has 0 bridgehead atoms. The van der Waals surface area contributed by atoms with E-state index in [9.17, 15) is 0 Å². The number of hydrogen-bond donors (Lipinski definition) is 1. The molecule has 9 nitrogen and oxygen atoms in total. The van der Waals surface area contributed by atoms with Crippen LogP contribution in [0.4, 0.5) is 17.6 Å². The molecule has 0 fully saturated rings. The third-order valence-corrected chi connectivity index (χ3v) is 3.58. The highest BCUT2D eigenvalue weighted by Gasteiger charge is 2.11. The largest absolute Gasteiger partial charge is 0.477 e. The summed E-state index contributed by atoms with van der Waals surface area (Å²) in [5.74, 6) is 1.53. The first kappa shape index (κ1) is 19.3. The van der Waals surface area contributed by atoms with Crippen LogP contribution in [0.1, 0.15) is 18.9 Å². The van der Waals surface area contributed by atoms with Crippen molar-refractivity contribution in [1.82, 2.24) is 25.1 Å². The van der Waals surface area contributed by atoms with E-state index in [0.29, 0.717) is 24.4 Å². The molecule has 0 aliphatic carbocycles. The Bertz CT molecular complexity index is 899. The Kier molecular flexibility index (Phi) is 6.15. The van der Waals surface area contributed by atoms with Crippen molar-refractivity contribution in [2.24, 2.45) is 0 Å². The predicted octanol–water partition coefficient (Wildman–Crippen LogP) is 3.36. The van der Waals surface area contributed by atoms with Crippen molar-refractivity contribution in [1.29, 1.82) is 0 Å². The summed E-state index contributed by atoms with van der Waals surface area (Å²) in [6, 6.07) is 11.4. The van der Waals surface area contributed by atoms with Crippen LogP contribution in [-0.2, 0) is 0 Å². The number of hydrogen-bond acceptors (Lipinski definition) is 9. The van der Waals surface area contributed by atoms with Gasteiger partial charge in [0.05, 0.1) is 6.61 Å². The summed E-state index contributed by atoms with van der Waals surface area (Å²) < 4.78 is 11.1. The van der Waals surface area contributed by atoms with Crippen LogP contribution in [0.5, 0.6) is 17.8 Å². The second kappa shape index (κ2) is 8.94. The average molecular weight is 381 g/mol. The van der Waals surface area contributed by atoms with Gasteiger partial charge in [-0.3, -0.25) is 0 Å². The molecule has 1 N–H and O–H groups in total. The Hall–Kier alpha value is -3.49. The van der Waals surface area contributed by atoms with E-state index in [1.807, 2.05) is 52.2 Å². The molecule has 0 aliphatic heterocycles. The molecule has 2 aromatic heterocycles. The molecule has 0 saturated carbocycles.